The number of carbonyl (C=O) groups is 1. The first-order chi connectivity index (χ1) is 7.54. The fourth-order valence-corrected chi connectivity index (χ4v) is 2.31. The molecule has 2 nitrogen and oxygen atoms in total. The Balaban J connectivity index is 2.54. The summed E-state index contributed by atoms with van der Waals surface area (Å²) in [5.41, 5.74) is 1.03. The fraction of sp³-hybridized carbons (Fsp3) is 0.769. The molecule has 1 heterocycles. The molecule has 1 fully saturated rings. The Labute approximate surface area is 104 Å². The summed E-state index contributed by atoms with van der Waals surface area (Å²) in [5, 5.41) is 0. The summed E-state index contributed by atoms with van der Waals surface area (Å²) in [6.45, 7) is 9.98. The van der Waals surface area contributed by atoms with Crippen LogP contribution >= 0.6 is 12.6 Å². The minimum absolute atomic E-state index is 0.283. The van der Waals surface area contributed by atoms with E-state index >= 15 is 0 Å². The van der Waals surface area contributed by atoms with E-state index in [2.05, 4.69) is 33.1 Å². The molecule has 0 aliphatic carbocycles. The third-order valence-corrected chi connectivity index (χ3v) is 3.88. The Kier molecular flexibility index (Phi) is 5.39. The summed E-state index contributed by atoms with van der Waals surface area (Å²) >= 11 is 4.18. The Morgan fingerprint density at radius 1 is 1.56 bits per heavy atom. The molecule has 0 N–H and O–H groups in total. The second-order valence-corrected chi connectivity index (χ2v) is 5.37. The van der Waals surface area contributed by atoms with E-state index in [0.29, 0.717) is 30.6 Å². The van der Waals surface area contributed by atoms with Crippen molar-refractivity contribution in [1.82, 2.24) is 4.90 Å². The van der Waals surface area contributed by atoms with E-state index in [1.807, 2.05) is 4.90 Å². The van der Waals surface area contributed by atoms with Gasteiger partial charge in [-0.25, -0.2) is 0 Å². The lowest BCUT2D eigenvalue weighted by atomic mass is 9.89. The molecule has 1 saturated heterocycles. The molecule has 0 spiro atoms. The van der Waals surface area contributed by atoms with Crippen LogP contribution < -0.4 is 0 Å². The summed E-state index contributed by atoms with van der Waals surface area (Å²) in [5.74, 6) is 2.32. The number of thiol groups is 1. The van der Waals surface area contributed by atoms with Crippen molar-refractivity contribution >= 4 is 18.5 Å². The summed E-state index contributed by atoms with van der Waals surface area (Å²) in [7, 11) is 0. The topological polar surface area (TPSA) is 20.3 Å². The van der Waals surface area contributed by atoms with E-state index in [4.69, 9.17) is 0 Å². The molecule has 3 heteroatoms. The van der Waals surface area contributed by atoms with Crippen molar-refractivity contribution in [3.8, 4) is 0 Å². The van der Waals surface area contributed by atoms with Gasteiger partial charge in [-0.1, -0.05) is 20.4 Å². The first kappa shape index (κ1) is 13.6. The van der Waals surface area contributed by atoms with Crippen LogP contribution in [0.25, 0.3) is 0 Å². The molecule has 0 aromatic carbocycles. The van der Waals surface area contributed by atoms with Crippen molar-refractivity contribution in [3.63, 3.8) is 0 Å². The van der Waals surface area contributed by atoms with Gasteiger partial charge in [-0.05, 0) is 30.3 Å². The maximum absolute atomic E-state index is 11.9. The SMILES string of the molecule is C=C(CS)CN1CCC(C(C)C)CCC1=O. The van der Waals surface area contributed by atoms with E-state index < -0.39 is 0 Å². The number of carbonyl (C=O) groups excluding carboxylic acids is 1. The highest BCUT2D eigenvalue weighted by Gasteiger charge is 2.24. The van der Waals surface area contributed by atoms with Crippen LogP contribution in [0.15, 0.2) is 12.2 Å². The van der Waals surface area contributed by atoms with Gasteiger partial charge in [-0.3, -0.25) is 4.79 Å². The molecule has 1 atom stereocenters. The number of hydrogen-bond donors (Lipinski definition) is 1. The lowest BCUT2D eigenvalue weighted by molar-refractivity contribution is -0.130. The highest BCUT2D eigenvalue weighted by atomic mass is 32.1. The molecule has 1 unspecified atom stereocenters. The number of nitrogens with zero attached hydrogens (tertiary/aromatic N) is 1. The predicted molar refractivity (Wildman–Crippen MR) is 71.8 cm³/mol. The summed E-state index contributed by atoms with van der Waals surface area (Å²) in [4.78, 5) is 13.8. The maximum atomic E-state index is 11.9. The minimum atomic E-state index is 0.283. The molecule has 92 valence electrons. The van der Waals surface area contributed by atoms with Gasteiger partial charge in [-0.2, -0.15) is 12.6 Å². The third kappa shape index (κ3) is 3.85. The average molecular weight is 241 g/mol. The highest BCUT2D eigenvalue weighted by molar-refractivity contribution is 7.80. The van der Waals surface area contributed by atoms with E-state index in [-0.39, 0.29) is 5.91 Å². The van der Waals surface area contributed by atoms with Gasteiger partial charge < -0.3 is 4.90 Å². The first-order valence-corrected chi connectivity index (χ1v) is 6.73. The zero-order valence-corrected chi connectivity index (χ0v) is 11.3. The van der Waals surface area contributed by atoms with Gasteiger partial charge >= 0.3 is 0 Å². The van der Waals surface area contributed by atoms with Crippen molar-refractivity contribution in [2.45, 2.75) is 33.1 Å². The van der Waals surface area contributed by atoms with Gasteiger partial charge in [0.1, 0.15) is 0 Å². The zero-order chi connectivity index (χ0) is 12.1. The molecule has 1 rings (SSSR count). The van der Waals surface area contributed by atoms with Gasteiger partial charge in [0, 0.05) is 25.3 Å². The molecule has 1 aliphatic heterocycles. The van der Waals surface area contributed by atoms with Gasteiger partial charge in [0.15, 0.2) is 0 Å². The molecule has 0 radical (unpaired) electrons. The molecular weight excluding hydrogens is 218 g/mol. The van der Waals surface area contributed by atoms with E-state index in [0.717, 1.165) is 25.0 Å². The van der Waals surface area contributed by atoms with Gasteiger partial charge in [-0.15, -0.1) is 0 Å². The fourth-order valence-electron chi connectivity index (χ4n) is 2.21. The lowest BCUT2D eigenvalue weighted by Crippen LogP contribution is -2.32. The quantitative estimate of drug-likeness (QED) is 0.593. The van der Waals surface area contributed by atoms with Crippen LogP contribution in [0.1, 0.15) is 33.1 Å². The Hall–Kier alpha value is -0.440. The van der Waals surface area contributed by atoms with Crippen LogP contribution in [0.4, 0.5) is 0 Å². The minimum Gasteiger partial charge on any atom is -0.339 e. The van der Waals surface area contributed by atoms with Crippen molar-refractivity contribution in [2.75, 3.05) is 18.8 Å². The third-order valence-electron chi connectivity index (χ3n) is 3.43. The monoisotopic (exact) mass is 241 g/mol. The molecule has 0 bridgehead atoms. The Morgan fingerprint density at radius 2 is 2.25 bits per heavy atom. The summed E-state index contributed by atoms with van der Waals surface area (Å²) in [6, 6.07) is 0. The largest absolute Gasteiger partial charge is 0.339 e. The van der Waals surface area contributed by atoms with Crippen LogP contribution in [-0.2, 0) is 4.79 Å². The first-order valence-electron chi connectivity index (χ1n) is 6.10. The van der Waals surface area contributed by atoms with Crippen molar-refractivity contribution in [1.29, 1.82) is 0 Å². The smallest absolute Gasteiger partial charge is 0.222 e. The Morgan fingerprint density at radius 3 is 2.81 bits per heavy atom. The van der Waals surface area contributed by atoms with Crippen LogP contribution in [0, 0.1) is 11.8 Å². The van der Waals surface area contributed by atoms with Crippen molar-refractivity contribution in [2.24, 2.45) is 11.8 Å². The van der Waals surface area contributed by atoms with Gasteiger partial charge in [0.05, 0.1) is 0 Å². The standard InChI is InChI=1S/C13H23NOS/c1-10(2)12-4-5-13(15)14(7-6-12)8-11(3)9-16/h10,12,16H,3-9H2,1-2H3. The maximum Gasteiger partial charge on any atom is 0.222 e. The van der Waals surface area contributed by atoms with Gasteiger partial charge in [0.25, 0.3) is 0 Å². The van der Waals surface area contributed by atoms with Crippen LogP contribution in [0.3, 0.4) is 0 Å². The summed E-state index contributed by atoms with van der Waals surface area (Å²) in [6.07, 6.45) is 2.87. The molecule has 0 aromatic heterocycles. The number of likely N-dealkylation sites (tertiary alicyclic amines) is 1. The predicted octanol–water partition coefficient (Wildman–Crippen LogP) is 2.76. The molecule has 0 aromatic rings. The number of rotatable bonds is 4. The van der Waals surface area contributed by atoms with Gasteiger partial charge in [0.2, 0.25) is 5.91 Å². The van der Waals surface area contributed by atoms with Crippen LogP contribution in [0.5, 0.6) is 0 Å². The molecule has 1 amide bonds. The second kappa shape index (κ2) is 6.33. The normalized spacial score (nSPS) is 22.4. The van der Waals surface area contributed by atoms with Crippen molar-refractivity contribution < 1.29 is 4.79 Å². The molecule has 0 saturated carbocycles. The van der Waals surface area contributed by atoms with Crippen molar-refractivity contribution in [3.05, 3.63) is 12.2 Å². The average Bonchev–Trinajstić information content (AvgIpc) is 2.42. The summed E-state index contributed by atoms with van der Waals surface area (Å²) < 4.78 is 0. The van der Waals surface area contributed by atoms with Crippen LogP contribution in [-0.4, -0.2) is 29.6 Å². The lowest BCUT2D eigenvalue weighted by Gasteiger charge is -2.22. The molecule has 1 aliphatic rings. The van der Waals surface area contributed by atoms with E-state index in [9.17, 15) is 4.79 Å². The molecule has 16 heavy (non-hydrogen) atoms. The second-order valence-electron chi connectivity index (χ2n) is 5.05. The number of hydrogen-bond acceptors (Lipinski definition) is 2. The molecular formula is C13H23NOS. The van der Waals surface area contributed by atoms with E-state index in [1.165, 1.54) is 0 Å². The number of amides is 1. The highest BCUT2D eigenvalue weighted by Crippen LogP contribution is 2.25. The van der Waals surface area contributed by atoms with E-state index in [1.54, 1.807) is 0 Å². The zero-order valence-electron chi connectivity index (χ0n) is 10.4. The van der Waals surface area contributed by atoms with Crippen LogP contribution in [0.2, 0.25) is 0 Å². The Bertz CT molecular complexity index is 263.